The van der Waals surface area contributed by atoms with Gasteiger partial charge in [-0.25, -0.2) is 5.43 Å². The Morgan fingerprint density at radius 2 is 1.41 bits per heavy atom. The molecule has 0 bridgehead atoms. The van der Waals surface area contributed by atoms with Gasteiger partial charge < -0.3 is 0 Å². The molecule has 0 aliphatic heterocycles. The van der Waals surface area contributed by atoms with Crippen molar-refractivity contribution >= 4 is 6.41 Å². The molecule has 0 unspecified atom stereocenters. The first-order chi connectivity index (χ1) is 10.9. The van der Waals surface area contributed by atoms with E-state index in [1.807, 2.05) is 0 Å². The molecule has 3 nitrogen and oxygen atoms in total. The van der Waals surface area contributed by atoms with Crippen LogP contribution in [0.1, 0.15) is 103 Å². The first kappa shape index (κ1) is 19.5. The number of rotatable bonds is 14. The maximum atomic E-state index is 11.1. The van der Waals surface area contributed by atoms with E-state index in [0.29, 0.717) is 6.04 Å². The first-order valence-electron chi connectivity index (χ1n) is 9.85. The summed E-state index contributed by atoms with van der Waals surface area (Å²) in [5.41, 5.74) is 3.40. The van der Waals surface area contributed by atoms with Crippen molar-refractivity contribution in [3.05, 3.63) is 0 Å². The van der Waals surface area contributed by atoms with Crippen LogP contribution in [-0.2, 0) is 4.79 Å². The van der Waals surface area contributed by atoms with Crippen molar-refractivity contribution in [2.24, 2.45) is 0 Å². The molecule has 0 saturated heterocycles. The van der Waals surface area contributed by atoms with Crippen LogP contribution in [0.4, 0.5) is 0 Å². The highest BCUT2D eigenvalue weighted by molar-refractivity contribution is 5.45. The fourth-order valence-corrected chi connectivity index (χ4v) is 3.38. The number of nitrogens with one attached hydrogen (secondary N) is 1. The molecule has 1 aliphatic carbocycles. The van der Waals surface area contributed by atoms with Gasteiger partial charge in [-0.1, -0.05) is 84.0 Å². The van der Waals surface area contributed by atoms with Gasteiger partial charge >= 0.3 is 0 Å². The van der Waals surface area contributed by atoms with E-state index in [1.54, 1.807) is 5.01 Å². The predicted molar refractivity (Wildman–Crippen MR) is 94.6 cm³/mol. The van der Waals surface area contributed by atoms with Gasteiger partial charge in [0, 0.05) is 12.6 Å². The van der Waals surface area contributed by atoms with Crippen LogP contribution in [0.25, 0.3) is 0 Å². The van der Waals surface area contributed by atoms with Gasteiger partial charge in [-0.05, 0) is 19.3 Å². The van der Waals surface area contributed by atoms with Crippen molar-refractivity contribution in [3.8, 4) is 0 Å². The fourth-order valence-electron chi connectivity index (χ4n) is 3.38. The second-order valence-corrected chi connectivity index (χ2v) is 6.94. The summed E-state index contributed by atoms with van der Waals surface area (Å²) in [7, 11) is 0. The summed E-state index contributed by atoms with van der Waals surface area (Å²) in [6, 6.07) is 0.530. The highest BCUT2D eigenvalue weighted by Gasteiger charge is 2.15. The quantitative estimate of drug-likeness (QED) is 0.271. The van der Waals surface area contributed by atoms with Crippen LogP contribution in [0.5, 0.6) is 0 Å². The number of carbonyl (C=O) groups is 1. The molecule has 0 spiro atoms. The predicted octanol–water partition coefficient (Wildman–Crippen LogP) is 5.20. The Labute approximate surface area is 138 Å². The average molecular weight is 311 g/mol. The zero-order chi connectivity index (χ0) is 15.9. The third-order valence-corrected chi connectivity index (χ3v) is 4.83. The summed E-state index contributed by atoms with van der Waals surface area (Å²) in [6.45, 7) is 3.14. The Bertz CT molecular complexity index is 252. The molecule has 130 valence electrons. The number of amides is 1. The Kier molecular flexibility index (Phi) is 12.4. The SMILES string of the molecule is CCCCCCCCCCCCN(C=O)NC1CCCCC1. The molecule has 0 heterocycles. The highest BCUT2D eigenvalue weighted by Crippen LogP contribution is 2.17. The molecule has 0 radical (unpaired) electrons. The molecule has 1 aliphatic rings. The van der Waals surface area contributed by atoms with Gasteiger partial charge in [0.15, 0.2) is 0 Å². The molecule has 1 saturated carbocycles. The standard InChI is InChI=1S/C19H38N2O/c1-2-3-4-5-6-7-8-9-10-14-17-21(18-22)20-19-15-12-11-13-16-19/h18-20H,2-17H2,1H3. The largest absolute Gasteiger partial charge is 0.280 e. The summed E-state index contributed by atoms with van der Waals surface area (Å²) in [4.78, 5) is 11.1. The lowest BCUT2D eigenvalue weighted by molar-refractivity contribution is -0.122. The van der Waals surface area contributed by atoms with E-state index < -0.39 is 0 Å². The normalized spacial score (nSPS) is 15.9. The summed E-state index contributed by atoms with van der Waals surface area (Å²) >= 11 is 0. The van der Waals surface area contributed by atoms with E-state index in [1.165, 1.54) is 89.9 Å². The second kappa shape index (κ2) is 14.0. The molecule has 1 N–H and O–H groups in total. The van der Waals surface area contributed by atoms with Crippen molar-refractivity contribution in [2.75, 3.05) is 6.54 Å². The minimum Gasteiger partial charge on any atom is -0.280 e. The highest BCUT2D eigenvalue weighted by atomic mass is 16.1. The monoisotopic (exact) mass is 310 g/mol. The van der Waals surface area contributed by atoms with Crippen LogP contribution in [0, 0.1) is 0 Å². The number of hydrogen-bond acceptors (Lipinski definition) is 2. The van der Waals surface area contributed by atoms with Gasteiger partial charge in [0.25, 0.3) is 0 Å². The van der Waals surface area contributed by atoms with E-state index in [-0.39, 0.29) is 0 Å². The van der Waals surface area contributed by atoms with Crippen molar-refractivity contribution in [3.63, 3.8) is 0 Å². The average Bonchev–Trinajstić information content (AvgIpc) is 2.56. The van der Waals surface area contributed by atoms with Crippen molar-refractivity contribution in [2.45, 2.75) is 109 Å². The molecule has 1 rings (SSSR count). The minimum atomic E-state index is 0.530. The maximum Gasteiger partial charge on any atom is 0.223 e. The summed E-state index contributed by atoms with van der Waals surface area (Å²) in [5.74, 6) is 0. The molecule has 0 aromatic rings. The zero-order valence-corrected chi connectivity index (χ0v) is 14.8. The maximum absolute atomic E-state index is 11.1. The number of nitrogens with zero attached hydrogens (tertiary/aromatic N) is 1. The Balaban J connectivity index is 1.90. The van der Waals surface area contributed by atoms with Crippen LogP contribution in [0.15, 0.2) is 0 Å². The van der Waals surface area contributed by atoms with Crippen LogP contribution in [-0.4, -0.2) is 24.0 Å². The zero-order valence-electron chi connectivity index (χ0n) is 14.8. The summed E-state index contributed by atoms with van der Waals surface area (Å²) < 4.78 is 0. The molecular formula is C19H38N2O. The van der Waals surface area contributed by atoms with Gasteiger partial charge in [-0.15, -0.1) is 0 Å². The molecule has 0 aromatic carbocycles. The lowest BCUT2D eigenvalue weighted by atomic mass is 9.96. The molecule has 3 heteroatoms. The van der Waals surface area contributed by atoms with E-state index >= 15 is 0 Å². The first-order valence-corrected chi connectivity index (χ1v) is 9.85. The molecule has 1 fully saturated rings. The molecule has 0 atom stereocenters. The van der Waals surface area contributed by atoms with Crippen LogP contribution in [0.3, 0.4) is 0 Å². The van der Waals surface area contributed by atoms with E-state index in [2.05, 4.69) is 12.3 Å². The van der Waals surface area contributed by atoms with Gasteiger partial charge in [0.05, 0.1) is 0 Å². The fraction of sp³-hybridized carbons (Fsp3) is 0.947. The summed E-state index contributed by atoms with van der Waals surface area (Å²) in [6.07, 6.45) is 20.8. The second-order valence-electron chi connectivity index (χ2n) is 6.94. The van der Waals surface area contributed by atoms with E-state index in [4.69, 9.17) is 0 Å². The van der Waals surface area contributed by atoms with Gasteiger partial charge in [0.2, 0.25) is 6.41 Å². The Hall–Kier alpha value is -0.570. The topological polar surface area (TPSA) is 32.3 Å². The molecular weight excluding hydrogens is 272 g/mol. The van der Waals surface area contributed by atoms with Gasteiger partial charge in [-0.2, -0.15) is 0 Å². The number of carbonyl (C=O) groups excluding carboxylic acids is 1. The number of hydrazine groups is 1. The van der Waals surface area contributed by atoms with Crippen molar-refractivity contribution in [1.29, 1.82) is 0 Å². The smallest absolute Gasteiger partial charge is 0.223 e. The lowest BCUT2D eigenvalue weighted by Gasteiger charge is -2.28. The minimum absolute atomic E-state index is 0.530. The Morgan fingerprint density at radius 3 is 1.95 bits per heavy atom. The molecule has 22 heavy (non-hydrogen) atoms. The van der Waals surface area contributed by atoms with Crippen molar-refractivity contribution in [1.82, 2.24) is 10.4 Å². The lowest BCUT2D eigenvalue weighted by Crippen LogP contribution is -2.45. The van der Waals surface area contributed by atoms with E-state index in [9.17, 15) is 4.79 Å². The van der Waals surface area contributed by atoms with E-state index in [0.717, 1.165) is 19.4 Å². The molecule has 0 aromatic heterocycles. The van der Waals surface area contributed by atoms with Gasteiger partial charge in [-0.3, -0.25) is 9.80 Å². The molecule has 1 amide bonds. The summed E-state index contributed by atoms with van der Waals surface area (Å²) in [5, 5.41) is 1.79. The third-order valence-electron chi connectivity index (χ3n) is 4.83. The third kappa shape index (κ3) is 10.2. The Morgan fingerprint density at radius 1 is 0.864 bits per heavy atom. The van der Waals surface area contributed by atoms with Crippen LogP contribution < -0.4 is 5.43 Å². The number of hydrogen-bond donors (Lipinski definition) is 1. The van der Waals surface area contributed by atoms with Crippen LogP contribution >= 0.6 is 0 Å². The van der Waals surface area contributed by atoms with Gasteiger partial charge in [0.1, 0.15) is 0 Å². The van der Waals surface area contributed by atoms with Crippen molar-refractivity contribution < 1.29 is 4.79 Å². The van der Waals surface area contributed by atoms with Crippen LogP contribution in [0.2, 0.25) is 0 Å². The number of unbranched alkanes of at least 4 members (excludes halogenated alkanes) is 9.